The zero-order valence-corrected chi connectivity index (χ0v) is 15.8. The number of para-hydroxylation sites is 1. The fourth-order valence-electron chi connectivity index (χ4n) is 5.54. The normalized spacial score (nSPS) is 27.0. The largest absolute Gasteiger partial charge is 0.354 e. The number of amides is 1. The molecule has 3 aliphatic carbocycles. The summed E-state index contributed by atoms with van der Waals surface area (Å²) >= 11 is 0. The Morgan fingerprint density at radius 3 is 2.74 bits per heavy atom. The average molecular weight is 364 g/mol. The molecule has 1 heterocycles. The number of ketones is 1. The van der Waals surface area contributed by atoms with E-state index >= 15 is 0 Å². The molecule has 27 heavy (non-hydrogen) atoms. The second kappa shape index (κ2) is 6.81. The van der Waals surface area contributed by atoms with Crippen LogP contribution in [0.2, 0.25) is 0 Å². The van der Waals surface area contributed by atoms with Gasteiger partial charge in [0.25, 0.3) is 0 Å². The van der Waals surface area contributed by atoms with Crippen molar-refractivity contribution in [2.45, 2.75) is 51.5 Å². The molecule has 3 saturated carbocycles. The van der Waals surface area contributed by atoms with Crippen LogP contribution in [0.3, 0.4) is 0 Å². The number of fused-ring (bicyclic) bond motifs is 2. The van der Waals surface area contributed by atoms with Crippen molar-refractivity contribution in [2.24, 2.45) is 23.7 Å². The summed E-state index contributed by atoms with van der Waals surface area (Å²) in [5, 5.41) is 4.16. The van der Waals surface area contributed by atoms with Crippen molar-refractivity contribution in [1.29, 1.82) is 0 Å². The van der Waals surface area contributed by atoms with Crippen molar-refractivity contribution in [3.05, 3.63) is 36.0 Å². The molecule has 1 N–H and O–H groups in total. The molecule has 3 fully saturated rings. The lowest BCUT2D eigenvalue weighted by molar-refractivity contribution is -0.121. The molecule has 1 amide bonds. The highest BCUT2D eigenvalue weighted by Gasteiger charge is 2.38. The third-order valence-electron chi connectivity index (χ3n) is 7.11. The minimum absolute atomic E-state index is 0.0580. The first-order valence-corrected chi connectivity index (χ1v) is 10.6. The maximum atomic E-state index is 12.6. The van der Waals surface area contributed by atoms with Crippen LogP contribution >= 0.6 is 0 Å². The minimum atomic E-state index is 0.0580. The van der Waals surface area contributed by atoms with Crippen molar-refractivity contribution >= 4 is 22.6 Å². The fourth-order valence-corrected chi connectivity index (χ4v) is 5.54. The summed E-state index contributed by atoms with van der Waals surface area (Å²) < 4.78 is 1.95. The lowest BCUT2D eigenvalue weighted by Gasteiger charge is -2.19. The minimum Gasteiger partial charge on any atom is -0.354 e. The van der Waals surface area contributed by atoms with E-state index in [2.05, 4.69) is 5.32 Å². The average Bonchev–Trinajstić information content (AvgIpc) is 3.14. The number of aromatic nitrogens is 1. The molecule has 3 aliphatic rings. The summed E-state index contributed by atoms with van der Waals surface area (Å²) in [5.41, 5.74) is 1.76. The van der Waals surface area contributed by atoms with Crippen molar-refractivity contribution in [3.8, 4) is 0 Å². The van der Waals surface area contributed by atoms with Crippen molar-refractivity contribution in [3.63, 3.8) is 0 Å². The highest BCUT2D eigenvalue weighted by atomic mass is 16.2. The van der Waals surface area contributed by atoms with Gasteiger partial charge in [-0.2, -0.15) is 0 Å². The summed E-state index contributed by atoms with van der Waals surface area (Å²) in [7, 11) is 0. The van der Waals surface area contributed by atoms with Gasteiger partial charge in [0.15, 0.2) is 5.78 Å². The molecule has 3 atom stereocenters. The maximum Gasteiger partial charge on any atom is 0.239 e. The van der Waals surface area contributed by atoms with Gasteiger partial charge in [0.05, 0.1) is 0 Å². The molecule has 0 saturated heterocycles. The maximum absolute atomic E-state index is 12.6. The summed E-state index contributed by atoms with van der Waals surface area (Å²) in [5.74, 6) is 2.90. The molecular formula is C23H28N2O2. The number of hydrogen-bond acceptors (Lipinski definition) is 2. The molecule has 0 unspecified atom stereocenters. The third kappa shape index (κ3) is 3.19. The van der Waals surface area contributed by atoms with Crippen LogP contribution in [0.4, 0.5) is 0 Å². The van der Waals surface area contributed by atoms with Gasteiger partial charge in [0.1, 0.15) is 6.54 Å². The molecule has 1 aromatic heterocycles. The summed E-state index contributed by atoms with van der Waals surface area (Å²) in [6, 6.07) is 7.94. The Balaban J connectivity index is 1.28. The Bertz CT molecular complexity index is 880. The lowest BCUT2D eigenvalue weighted by Crippen LogP contribution is -2.33. The summed E-state index contributed by atoms with van der Waals surface area (Å²) in [6.07, 6.45) is 10.6. The molecule has 4 heteroatoms. The van der Waals surface area contributed by atoms with Gasteiger partial charge >= 0.3 is 0 Å². The predicted molar refractivity (Wildman–Crippen MR) is 106 cm³/mol. The van der Waals surface area contributed by atoms with Crippen molar-refractivity contribution < 1.29 is 9.59 Å². The van der Waals surface area contributed by atoms with Gasteiger partial charge in [0, 0.05) is 35.1 Å². The third-order valence-corrected chi connectivity index (χ3v) is 7.11. The number of benzene rings is 1. The van der Waals surface area contributed by atoms with E-state index in [9.17, 15) is 9.59 Å². The van der Waals surface area contributed by atoms with Crippen LogP contribution in [0.25, 0.3) is 10.9 Å². The van der Waals surface area contributed by atoms with Gasteiger partial charge in [-0.05, 0) is 55.9 Å². The molecule has 4 nitrogen and oxygen atoms in total. The number of carbonyl (C=O) groups excluding carboxylic acids is 2. The summed E-state index contributed by atoms with van der Waals surface area (Å²) in [4.78, 5) is 25.2. The van der Waals surface area contributed by atoms with Gasteiger partial charge < -0.3 is 9.88 Å². The van der Waals surface area contributed by atoms with Gasteiger partial charge in [-0.15, -0.1) is 0 Å². The second-order valence-electron chi connectivity index (χ2n) is 8.82. The molecule has 0 spiro atoms. The number of carbonyl (C=O) groups is 2. The molecule has 5 rings (SSSR count). The van der Waals surface area contributed by atoms with Gasteiger partial charge in [0.2, 0.25) is 5.91 Å². The first-order chi connectivity index (χ1) is 13.2. The highest BCUT2D eigenvalue weighted by molar-refractivity contribution is 6.10. The predicted octanol–water partition coefficient (Wildman–Crippen LogP) is 4.18. The summed E-state index contributed by atoms with van der Waals surface area (Å²) in [6.45, 7) is 1.10. The Morgan fingerprint density at radius 1 is 1.04 bits per heavy atom. The van der Waals surface area contributed by atoms with E-state index in [1.807, 2.05) is 35.0 Å². The Hall–Kier alpha value is -2.10. The standard InChI is InChI=1S/C23H28N2O2/c26-22(24-12-17-11-8-15-4-3-6-18(15)17)14-25-13-20(23(27)16-9-10-16)19-5-1-2-7-21(19)25/h1-2,5,7,13,15-18H,3-4,6,8-12,14H2,(H,24,26)/t15-,17+,18-/m0/s1. The molecular weight excluding hydrogens is 336 g/mol. The first kappa shape index (κ1) is 17.0. The van der Waals surface area contributed by atoms with E-state index < -0.39 is 0 Å². The van der Waals surface area contributed by atoms with E-state index in [-0.39, 0.29) is 17.6 Å². The van der Waals surface area contributed by atoms with E-state index in [0.717, 1.165) is 47.7 Å². The Kier molecular flexibility index (Phi) is 4.30. The fraction of sp³-hybridized carbons (Fsp3) is 0.565. The van der Waals surface area contributed by atoms with E-state index in [1.54, 1.807) is 0 Å². The zero-order chi connectivity index (χ0) is 18.4. The van der Waals surface area contributed by atoms with Gasteiger partial charge in [-0.1, -0.05) is 31.0 Å². The smallest absolute Gasteiger partial charge is 0.239 e. The van der Waals surface area contributed by atoms with Crippen molar-refractivity contribution in [2.75, 3.05) is 6.54 Å². The second-order valence-corrected chi connectivity index (χ2v) is 8.82. The van der Waals surface area contributed by atoms with Gasteiger partial charge in [-0.3, -0.25) is 9.59 Å². The molecule has 142 valence electrons. The van der Waals surface area contributed by atoms with Crippen LogP contribution in [0.1, 0.15) is 55.3 Å². The Morgan fingerprint density at radius 2 is 1.89 bits per heavy atom. The quantitative estimate of drug-likeness (QED) is 0.782. The van der Waals surface area contributed by atoms with E-state index in [4.69, 9.17) is 0 Å². The SMILES string of the molecule is O=C(Cn1cc(C(=O)C2CC2)c2ccccc21)NC[C@H]1CC[C@@H]2CCC[C@@H]21. The number of Topliss-reactive ketones (excluding diaryl/α,β-unsaturated/α-hetero) is 1. The van der Waals surface area contributed by atoms with Crippen LogP contribution in [0.5, 0.6) is 0 Å². The molecule has 2 aromatic rings. The van der Waals surface area contributed by atoms with Gasteiger partial charge in [-0.25, -0.2) is 0 Å². The van der Waals surface area contributed by atoms with Crippen LogP contribution < -0.4 is 5.32 Å². The number of nitrogens with zero attached hydrogens (tertiary/aromatic N) is 1. The lowest BCUT2D eigenvalue weighted by atomic mass is 9.92. The molecule has 0 radical (unpaired) electrons. The monoisotopic (exact) mass is 364 g/mol. The number of hydrogen-bond donors (Lipinski definition) is 1. The number of rotatable bonds is 6. The van der Waals surface area contributed by atoms with E-state index in [0.29, 0.717) is 12.5 Å². The first-order valence-electron chi connectivity index (χ1n) is 10.6. The van der Waals surface area contributed by atoms with Crippen LogP contribution in [-0.2, 0) is 11.3 Å². The van der Waals surface area contributed by atoms with E-state index in [1.165, 1.54) is 32.1 Å². The topological polar surface area (TPSA) is 51.1 Å². The van der Waals surface area contributed by atoms with Crippen LogP contribution in [-0.4, -0.2) is 22.8 Å². The Labute approximate surface area is 160 Å². The van der Waals surface area contributed by atoms with Crippen LogP contribution in [0, 0.1) is 23.7 Å². The zero-order valence-electron chi connectivity index (χ0n) is 15.8. The molecule has 0 bridgehead atoms. The van der Waals surface area contributed by atoms with Crippen molar-refractivity contribution in [1.82, 2.24) is 9.88 Å². The van der Waals surface area contributed by atoms with Crippen LogP contribution in [0.15, 0.2) is 30.5 Å². The molecule has 1 aromatic carbocycles. The highest BCUT2D eigenvalue weighted by Crippen LogP contribution is 2.47. The number of nitrogens with one attached hydrogen (secondary N) is 1. The molecule has 0 aliphatic heterocycles.